The first kappa shape index (κ1) is 13.4. The predicted octanol–water partition coefficient (Wildman–Crippen LogP) is 3.01. The number of nitriles is 1. The Morgan fingerprint density at radius 2 is 2.00 bits per heavy atom. The second-order valence-electron chi connectivity index (χ2n) is 4.97. The van der Waals surface area contributed by atoms with Gasteiger partial charge in [0, 0.05) is 18.8 Å². The van der Waals surface area contributed by atoms with Gasteiger partial charge in [0.25, 0.3) is 0 Å². The van der Waals surface area contributed by atoms with Crippen molar-refractivity contribution in [2.24, 2.45) is 5.92 Å². The molecular weight excluding hydrogens is 210 g/mol. The molecular formula is C14H21N3. The molecule has 17 heavy (non-hydrogen) atoms. The zero-order valence-electron chi connectivity index (χ0n) is 11.1. The van der Waals surface area contributed by atoms with Crippen LogP contribution in [0, 0.1) is 17.2 Å². The fourth-order valence-corrected chi connectivity index (χ4v) is 1.97. The van der Waals surface area contributed by atoms with Crippen LogP contribution in [0.4, 0.5) is 11.4 Å². The molecule has 0 aliphatic carbocycles. The Balaban J connectivity index is 2.86. The van der Waals surface area contributed by atoms with E-state index in [0.29, 0.717) is 23.2 Å². The normalized spacial score (nSPS) is 12.2. The molecule has 1 unspecified atom stereocenters. The fraction of sp³-hybridized carbons (Fsp3) is 0.500. The van der Waals surface area contributed by atoms with Gasteiger partial charge in [0.2, 0.25) is 0 Å². The van der Waals surface area contributed by atoms with Crippen LogP contribution in [0.15, 0.2) is 18.2 Å². The van der Waals surface area contributed by atoms with Crippen molar-refractivity contribution in [3.63, 3.8) is 0 Å². The third-order valence-electron chi connectivity index (χ3n) is 3.04. The van der Waals surface area contributed by atoms with Gasteiger partial charge >= 0.3 is 0 Å². The number of nitrogen functional groups attached to an aromatic ring is 1. The molecule has 0 aliphatic rings. The summed E-state index contributed by atoms with van der Waals surface area (Å²) in [4.78, 5) is 2.21. The Bertz CT molecular complexity index is 418. The number of hydrogen-bond acceptors (Lipinski definition) is 3. The van der Waals surface area contributed by atoms with E-state index in [9.17, 15) is 0 Å². The number of rotatable bonds is 4. The minimum atomic E-state index is 0.460. The van der Waals surface area contributed by atoms with E-state index in [0.717, 1.165) is 12.1 Å². The molecule has 0 aromatic heterocycles. The summed E-state index contributed by atoms with van der Waals surface area (Å²) in [7, 11) is 2.06. The van der Waals surface area contributed by atoms with E-state index in [1.807, 2.05) is 12.1 Å². The molecule has 0 spiro atoms. The van der Waals surface area contributed by atoms with E-state index in [1.54, 1.807) is 6.07 Å². The lowest BCUT2D eigenvalue weighted by Crippen LogP contribution is -2.30. The average molecular weight is 231 g/mol. The Hall–Kier alpha value is -1.69. The van der Waals surface area contributed by atoms with Crippen molar-refractivity contribution in [3.8, 4) is 6.07 Å². The van der Waals surface area contributed by atoms with Gasteiger partial charge in [-0.25, -0.2) is 0 Å². The summed E-state index contributed by atoms with van der Waals surface area (Å²) in [6, 6.07) is 8.14. The summed E-state index contributed by atoms with van der Waals surface area (Å²) < 4.78 is 0. The van der Waals surface area contributed by atoms with E-state index >= 15 is 0 Å². The Labute approximate surface area is 104 Å². The van der Waals surface area contributed by atoms with Crippen LogP contribution in [-0.4, -0.2) is 13.1 Å². The fourth-order valence-electron chi connectivity index (χ4n) is 1.97. The van der Waals surface area contributed by atoms with Crippen LogP contribution < -0.4 is 10.6 Å². The molecule has 1 aromatic carbocycles. The van der Waals surface area contributed by atoms with E-state index < -0.39 is 0 Å². The van der Waals surface area contributed by atoms with Crippen molar-refractivity contribution in [1.82, 2.24) is 0 Å². The number of benzene rings is 1. The zero-order chi connectivity index (χ0) is 13.0. The topological polar surface area (TPSA) is 53.0 Å². The van der Waals surface area contributed by atoms with Crippen LogP contribution in [0.25, 0.3) is 0 Å². The molecule has 0 bridgehead atoms. The van der Waals surface area contributed by atoms with Crippen molar-refractivity contribution < 1.29 is 0 Å². The number of nitrogens with two attached hydrogens (primary N) is 1. The van der Waals surface area contributed by atoms with Crippen molar-refractivity contribution >= 4 is 11.4 Å². The zero-order valence-corrected chi connectivity index (χ0v) is 11.1. The van der Waals surface area contributed by atoms with Crippen molar-refractivity contribution in [2.45, 2.75) is 33.2 Å². The van der Waals surface area contributed by atoms with Crippen LogP contribution in [-0.2, 0) is 0 Å². The maximum atomic E-state index is 8.83. The maximum absolute atomic E-state index is 8.83. The third-order valence-corrected chi connectivity index (χ3v) is 3.04. The van der Waals surface area contributed by atoms with E-state index in [4.69, 9.17) is 11.0 Å². The van der Waals surface area contributed by atoms with Crippen molar-refractivity contribution in [2.75, 3.05) is 17.7 Å². The summed E-state index contributed by atoms with van der Waals surface area (Å²) in [6.45, 7) is 6.64. The monoisotopic (exact) mass is 231 g/mol. The standard InChI is InChI=1S/C14H21N3/c1-10(2)7-11(3)17(4)13-6-5-12(9-15)14(16)8-13/h5-6,8,10-11H,7,16H2,1-4H3. The van der Waals surface area contributed by atoms with Gasteiger partial charge in [0.15, 0.2) is 0 Å². The van der Waals surface area contributed by atoms with Crippen molar-refractivity contribution in [1.29, 1.82) is 5.26 Å². The van der Waals surface area contributed by atoms with Gasteiger partial charge in [-0.05, 0) is 37.5 Å². The quantitative estimate of drug-likeness (QED) is 0.810. The predicted molar refractivity (Wildman–Crippen MR) is 72.9 cm³/mol. The SMILES string of the molecule is CC(C)CC(C)N(C)c1ccc(C#N)c(N)c1. The second kappa shape index (κ2) is 5.58. The smallest absolute Gasteiger partial charge is 0.101 e. The van der Waals surface area contributed by atoms with Gasteiger partial charge < -0.3 is 10.6 Å². The van der Waals surface area contributed by atoms with Gasteiger partial charge in [-0.15, -0.1) is 0 Å². The highest BCUT2D eigenvalue weighted by Crippen LogP contribution is 2.23. The highest BCUT2D eigenvalue weighted by atomic mass is 15.1. The molecule has 92 valence electrons. The second-order valence-corrected chi connectivity index (χ2v) is 4.97. The number of anilines is 2. The largest absolute Gasteiger partial charge is 0.398 e. The van der Waals surface area contributed by atoms with Gasteiger partial charge in [-0.2, -0.15) is 5.26 Å². The maximum Gasteiger partial charge on any atom is 0.101 e. The van der Waals surface area contributed by atoms with Crippen LogP contribution in [0.5, 0.6) is 0 Å². The average Bonchev–Trinajstić information content (AvgIpc) is 2.27. The molecule has 0 aliphatic heterocycles. The Morgan fingerprint density at radius 1 is 1.35 bits per heavy atom. The van der Waals surface area contributed by atoms with Crippen LogP contribution in [0.2, 0.25) is 0 Å². The molecule has 0 fully saturated rings. The molecule has 3 heteroatoms. The van der Waals surface area contributed by atoms with Gasteiger partial charge in [0.05, 0.1) is 11.3 Å². The van der Waals surface area contributed by atoms with Gasteiger partial charge in [-0.1, -0.05) is 13.8 Å². The van der Waals surface area contributed by atoms with Crippen LogP contribution in [0.3, 0.4) is 0 Å². The van der Waals surface area contributed by atoms with E-state index in [2.05, 4.69) is 38.8 Å². The van der Waals surface area contributed by atoms with E-state index in [1.165, 1.54) is 0 Å². The molecule has 1 atom stereocenters. The lowest BCUT2D eigenvalue weighted by Gasteiger charge is -2.28. The lowest BCUT2D eigenvalue weighted by atomic mass is 10.0. The van der Waals surface area contributed by atoms with Crippen LogP contribution >= 0.6 is 0 Å². The number of nitrogens with zero attached hydrogens (tertiary/aromatic N) is 2. The molecule has 1 rings (SSSR count). The molecule has 0 amide bonds. The Morgan fingerprint density at radius 3 is 2.47 bits per heavy atom. The number of hydrogen-bond donors (Lipinski definition) is 1. The molecule has 1 aromatic rings. The minimum Gasteiger partial charge on any atom is -0.398 e. The molecule has 3 nitrogen and oxygen atoms in total. The highest BCUT2D eigenvalue weighted by Gasteiger charge is 2.12. The molecule has 0 saturated heterocycles. The highest BCUT2D eigenvalue weighted by molar-refractivity contribution is 5.63. The molecule has 0 saturated carbocycles. The van der Waals surface area contributed by atoms with Crippen molar-refractivity contribution in [3.05, 3.63) is 23.8 Å². The molecule has 0 heterocycles. The van der Waals surface area contributed by atoms with Gasteiger partial charge in [-0.3, -0.25) is 0 Å². The summed E-state index contributed by atoms with van der Waals surface area (Å²) >= 11 is 0. The first-order chi connectivity index (χ1) is 7.95. The van der Waals surface area contributed by atoms with E-state index in [-0.39, 0.29) is 0 Å². The summed E-state index contributed by atoms with van der Waals surface area (Å²) in [5.41, 5.74) is 7.98. The Kier molecular flexibility index (Phi) is 4.39. The minimum absolute atomic E-state index is 0.460. The molecule has 0 radical (unpaired) electrons. The summed E-state index contributed by atoms with van der Waals surface area (Å²) in [5.74, 6) is 0.670. The van der Waals surface area contributed by atoms with Gasteiger partial charge in [0.1, 0.15) is 6.07 Å². The third kappa shape index (κ3) is 3.39. The molecule has 2 N–H and O–H groups in total. The lowest BCUT2D eigenvalue weighted by molar-refractivity contribution is 0.504. The summed E-state index contributed by atoms with van der Waals surface area (Å²) in [5, 5.41) is 8.83. The summed E-state index contributed by atoms with van der Waals surface area (Å²) in [6.07, 6.45) is 1.14. The first-order valence-electron chi connectivity index (χ1n) is 5.98. The van der Waals surface area contributed by atoms with Crippen LogP contribution in [0.1, 0.15) is 32.8 Å². The first-order valence-corrected chi connectivity index (χ1v) is 5.98.